The Morgan fingerprint density at radius 2 is 2.05 bits per heavy atom. The topological polar surface area (TPSA) is 21.3 Å². The van der Waals surface area contributed by atoms with Gasteiger partial charge < -0.3 is 10.1 Å². The van der Waals surface area contributed by atoms with E-state index in [1.807, 2.05) is 6.08 Å². The molecule has 3 rings (SSSR count). The molecule has 0 aromatic heterocycles. The Balaban J connectivity index is 1.74. The third-order valence-corrected chi connectivity index (χ3v) is 3.70. The predicted octanol–water partition coefficient (Wildman–Crippen LogP) is 3.14. The van der Waals surface area contributed by atoms with E-state index in [0.717, 1.165) is 31.6 Å². The van der Waals surface area contributed by atoms with Crippen molar-refractivity contribution in [1.29, 1.82) is 0 Å². The van der Waals surface area contributed by atoms with Crippen molar-refractivity contribution in [2.45, 2.75) is 18.7 Å². The van der Waals surface area contributed by atoms with Crippen molar-refractivity contribution in [3.63, 3.8) is 0 Å². The molecule has 1 N–H and O–H groups in total. The van der Waals surface area contributed by atoms with Gasteiger partial charge in [0.25, 0.3) is 0 Å². The van der Waals surface area contributed by atoms with Crippen molar-refractivity contribution < 1.29 is 22.3 Å². The van der Waals surface area contributed by atoms with Crippen molar-refractivity contribution in [2.24, 2.45) is 5.92 Å². The first kappa shape index (κ1) is 13.4. The molecule has 1 aromatic rings. The van der Waals surface area contributed by atoms with Crippen molar-refractivity contribution in [1.82, 2.24) is 5.32 Å². The van der Waals surface area contributed by atoms with Crippen LogP contribution >= 0.6 is 0 Å². The summed E-state index contributed by atoms with van der Waals surface area (Å²) in [7, 11) is 0. The second-order valence-corrected chi connectivity index (χ2v) is 5.10. The largest absolute Gasteiger partial charge is 0.483 e. The molecule has 0 saturated carbocycles. The maximum absolute atomic E-state index is 13.7. The first-order valence-corrected chi connectivity index (χ1v) is 6.38. The molecule has 6 heteroatoms. The Morgan fingerprint density at radius 1 is 1.25 bits per heavy atom. The molecule has 1 aromatic carbocycles. The number of rotatable bonds is 2. The van der Waals surface area contributed by atoms with Gasteiger partial charge in [-0.3, -0.25) is 0 Å². The normalized spacial score (nSPS) is 25.5. The van der Waals surface area contributed by atoms with Gasteiger partial charge >= 0.3 is 6.18 Å². The van der Waals surface area contributed by atoms with Gasteiger partial charge in [0.15, 0.2) is 11.6 Å². The number of benzene rings is 1. The molecule has 0 spiro atoms. The van der Waals surface area contributed by atoms with E-state index >= 15 is 0 Å². The Bertz CT molecular complexity index is 553. The lowest BCUT2D eigenvalue weighted by Crippen LogP contribution is -2.17. The summed E-state index contributed by atoms with van der Waals surface area (Å²) >= 11 is 0. The molecule has 1 heterocycles. The van der Waals surface area contributed by atoms with Crippen molar-refractivity contribution >= 4 is 0 Å². The van der Waals surface area contributed by atoms with Gasteiger partial charge in [0, 0.05) is 13.1 Å². The van der Waals surface area contributed by atoms with E-state index in [-0.39, 0.29) is 11.9 Å². The molecule has 0 bridgehead atoms. The molecule has 108 valence electrons. The highest BCUT2D eigenvalue weighted by Crippen LogP contribution is 2.34. The zero-order valence-electron chi connectivity index (χ0n) is 10.5. The minimum absolute atomic E-state index is 0.132. The average molecular weight is 287 g/mol. The molecule has 1 saturated heterocycles. The fraction of sp³-hybridized carbons (Fsp3) is 0.429. The van der Waals surface area contributed by atoms with Gasteiger partial charge in [0.05, 0.1) is 5.56 Å². The van der Waals surface area contributed by atoms with Crippen LogP contribution in [0.25, 0.3) is 0 Å². The van der Waals surface area contributed by atoms with E-state index in [4.69, 9.17) is 4.74 Å². The fourth-order valence-corrected chi connectivity index (χ4v) is 2.70. The molecule has 2 nitrogen and oxygen atoms in total. The number of fused-ring (bicyclic) bond motifs is 1. The van der Waals surface area contributed by atoms with Gasteiger partial charge in [0.1, 0.15) is 6.10 Å². The van der Waals surface area contributed by atoms with Crippen LogP contribution in [0, 0.1) is 11.7 Å². The Kier molecular flexibility index (Phi) is 3.20. The summed E-state index contributed by atoms with van der Waals surface area (Å²) < 4.78 is 56.4. The van der Waals surface area contributed by atoms with Gasteiger partial charge in [-0.2, -0.15) is 13.2 Å². The van der Waals surface area contributed by atoms with E-state index in [2.05, 4.69) is 5.32 Å². The minimum atomic E-state index is -4.54. The molecule has 1 unspecified atom stereocenters. The van der Waals surface area contributed by atoms with Crippen molar-refractivity contribution in [3.8, 4) is 5.75 Å². The second kappa shape index (κ2) is 4.77. The lowest BCUT2D eigenvalue weighted by Gasteiger charge is -2.15. The van der Waals surface area contributed by atoms with Gasteiger partial charge in [0.2, 0.25) is 0 Å². The Morgan fingerprint density at radius 3 is 2.70 bits per heavy atom. The van der Waals surface area contributed by atoms with Crippen LogP contribution in [0.1, 0.15) is 12.0 Å². The molecule has 20 heavy (non-hydrogen) atoms. The summed E-state index contributed by atoms with van der Waals surface area (Å²) in [5.41, 5.74) is 0.232. The molecule has 2 atom stereocenters. The number of hydrogen-bond acceptors (Lipinski definition) is 2. The smallest absolute Gasteiger partial charge is 0.416 e. The SMILES string of the molecule is Fc1cc(C(F)(F)F)ccc1OC1C=C2CNC[C@@H]2C1. The van der Waals surface area contributed by atoms with E-state index in [9.17, 15) is 17.6 Å². The fourth-order valence-electron chi connectivity index (χ4n) is 2.70. The Hall–Kier alpha value is -1.56. The summed E-state index contributed by atoms with van der Waals surface area (Å²) in [6.07, 6.45) is -2.13. The van der Waals surface area contributed by atoms with Crippen LogP contribution in [0.4, 0.5) is 17.6 Å². The first-order chi connectivity index (χ1) is 9.43. The minimum Gasteiger partial charge on any atom is -0.483 e. The molecule has 1 fully saturated rings. The molecule has 0 radical (unpaired) electrons. The molecular formula is C14H13F4NO. The lowest BCUT2D eigenvalue weighted by atomic mass is 10.1. The third kappa shape index (κ3) is 2.52. The van der Waals surface area contributed by atoms with E-state index in [0.29, 0.717) is 12.0 Å². The molecule has 1 aliphatic carbocycles. The number of alkyl halides is 3. The maximum Gasteiger partial charge on any atom is 0.416 e. The zero-order chi connectivity index (χ0) is 14.3. The zero-order valence-corrected chi connectivity index (χ0v) is 10.5. The van der Waals surface area contributed by atoms with Crippen LogP contribution in [-0.4, -0.2) is 19.2 Å². The van der Waals surface area contributed by atoms with E-state index in [1.165, 1.54) is 5.57 Å². The summed E-state index contributed by atoms with van der Waals surface area (Å²) in [5, 5.41) is 3.22. The molecule has 1 aliphatic heterocycles. The highest BCUT2D eigenvalue weighted by molar-refractivity contribution is 5.32. The highest BCUT2D eigenvalue weighted by Gasteiger charge is 2.33. The van der Waals surface area contributed by atoms with Crippen molar-refractivity contribution in [2.75, 3.05) is 13.1 Å². The molecule has 2 aliphatic rings. The average Bonchev–Trinajstić information content (AvgIpc) is 2.90. The predicted molar refractivity (Wildman–Crippen MR) is 64.9 cm³/mol. The van der Waals surface area contributed by atoms with Gasteiger partial charge in [-0.05, 0) is 36.6 Å². The summed E-state index contributed by atoms with van der Waals surface area (Å²) in [6, 6.07) is 2.35. The van der Waals surface area contributed by atoms with Crippen LogP contribution < -0.4 is 10.1 Å². The van der Waals surface area contributed by atoms with Crippen LogP contribution in [0.3, 0.4) is 0 Å². The maximum atomic E-state index is 13.7. The quantitative estimate of drug-likeness (QED) is 0.666. The van der Waals surface area contributed by atoms with Crippen molar-refractivity contribution in [3.05, 3.63) is 41.2 Å². The number of ether oxygens (including phenoxy) is 1. The van der Waals surface area contributed by atoms with Crippen LogP contribution in [0.15, 0.2) is 29.8 Å². The summed E-state index contributed by atoms with van der Waals surface area (Å²) in [5.74, 6) is -0.710. The van der Waals surface area contributed by atoms with Gasteiger partial charge in [-0.25, -0.2) is 4.39 Å². The standard InChI is InChI=1S/C14H13F4NO/c15-12-5-10(14(16,17)18)1-2-13(12)20-11-3-8-6-19-7-9(8)4-11/h1-3,5,9,11,19H,4,6-7H2/t9-,11?/m0/s1. The third-order valence-electron chi connectivity index (χ3n) is 3.70. The van der Waals surface area contributed by atoms with E-state index in [1.54, 1.807) is 0 Å². The monoisotopic (exact) mass is 287 g/mol. The van der Waals surface area contributed by atoms with Crippen LogP contribution in [0.2, 0.25) is 0 Å². The lowest BCUT2D eigenvalue weighted by molar-refractivity contribution is -0.137. The molecule has 0 amide bonds. The number of hydrogen-bond donors (Lipinski definition) is 1. The second-order valence-electron chi connectivity index (χ2n) is 5.10. The van der Waals surface area contributed by atoms with Crippen LogP contribution in [0.5, 0.6) is 5.75 Å². The summed E-state index contributed by atoms with van der Waals surface area (Å²) in [4.78, 5) is 0. The Labute approximate surface area is 113 Å². The highest BCUT2D eigenvalue weighted by atomic mass is 19.4. The first-order valence-electron chi connectivity index (χ1n) is 6.38. The number of nitrogens with one attached hydrogen (secondary N) is 1. The van der Waals surface area contributed by atoms with Gasteiger partial charge in [-0.1, -0.05) is 5.57 Å². The number of halogens is 4. The van der Waals surface area contributed by atoms with Gasteiger partial charge in [-0.15, -0.1) is 0 Å². The van der Waals surface area contributed by atoms with E-state index < -0.39 is 17.6 Å². The summed E-state index contributed by atoms with van der Waals surface area (Å²) in [6.45, 7) is 1.68. The molecular weight excluding hydrogens is 274 g/mol. The van der Waals surface area contributed by atoms with Crippen LogP contribution in [-0.2, 0) is 6.18 Å².